The van der Waals surface area contributed by atoms with Crippen LogP contribution in [0.5, 0.6) is 0 Å². The van der Waals surface area contributed by atoms with Gasteiger partial charge in [-0.3, -0.25) is 9.78 Å². The molecule has 7 nitrogen and oxygen atoms in total. The molecule has 3 aromatic heterocycles. The number of furan rings is 1. The third-order valence-corrected chi connectivity index (χ3v) is 3.53. The molecule has 1 amide bonds. The zero-order valence-corrected chi connectivity index (χ0v) is 13.0. The number of amides is 1. The number of nitrogens with zero attached hydrogens (tertiary/aromatic N) is 4. The molecule has 7 heteroatoms. The van der Waals surface area contributed by atoms with Gasteiger partial charge in [0, 0.05) is 18.8 Å². The zero-order valence-electron chi connectivity index (χ0n) is 13.0. The van der Waals surface area contributed by atoms with Crippen LogP contribution in [0.2, 0.25) is 0 Å². The number of carbonyl (C=O) groups is 1. The summed E-state index contributed by atoms with van der Waals surface area (Å²) in [7, 11) is 0. The van der Waals surface area contributed by atoms with Crippen molar-refractivity contribution in [3.05, 3.63) is 59.4 Å². The summed E-state index contributed by atoms with van der Waals surface area (Å²) in [5.41, 5.74) is 1.84. The first-order valence-electron chi connectivity index (χ1n) is 7.36. The molecule has 0 saturated carbocycles. The van der Waals surface area contributed by atoms with Gasteiger partial charge in [0.25, 0.3) is 5.91 Å². The molecule has 0 saturated heterocycles. The summed E-state index contributed by atoms with van der Waals surface area (Å²) >= 11 is 0. The van der Waals surface area contributed by atoms with Gasteiger partial charge in [-0.25, -0.2) is 4.68 Å². The van der Waals surface area contributed by atoms with Crippen LogP contribution < -0.4 is 5.32 Å². The Balaban J connectivity index is 1.73. The molecule has 1 N–H and O–H groups in total. The Morgan fingerprint density at radius 1 is 1.26 bits per heavy atom. The van der Waals surface area contributed by atoms with Crippen molar-refractivity contribution < 1.29 is 9.21 Å². The van der Waals surface area contributed by atoms with Crippen LogP contribution in [0.1, 0.15) is 34.5 Å². The van der Waals surface area contributed by atoms with Crippen LogP contribution in [0.4, 0.5) is 5.82 Å². The largest absolute Gasteiger partial charge is 0.456 e. The van der Waals surface area contributed by atoms with Crippen LogP contribution in [0.15, 0.2) is 41.1 Å². The number of rotatable bonds is 5. The lowest BCUT2D eigenvalue weighted by atomic mass is 10.2. The third kappa shape index (κ3) is 3.28. The average molecular weight is 311 g/mol. The normalized spacial score (nSPS) is 10.7. The molecule has 3 heterocycles. The molecule has 3 aromatic rings. The molecule has 0 aliphatic carbocycles. The quantitative estimate of drug-likeness (QED) is 0.782. The molecule has 3 rings (SSSR count). The van der Waals surface area contributed by atoms with Crippen LogP contribution in [0, 0.1) is 6.92 Å². The predicted molar refractivity (Wildman–Crippen MR) is 84.1 cm³/mol. The summed E-state index contributed by atoms with van der Waals surface area (Å²) < 4.78 is 7.16. The SMILES string of the molecule is CCc1ccc(C(=O)Nc2nnn(Cc3ccncc3)c2C)o1. The molecule has 0 aliphatic heterocycles. The highest BCUT2D eigenvalue weighted by molar-refractivity contribution is 6.01. The second-order valence-corrected chi connectivity index (χ2v) is 5.11. The van der Waals surface area contributed by atoms with Gasteiger partial charge in [-0.2, -0.15) is 0 Å². The Morgan fingerprint density at radius 2 is 2.04 bits per heavy atom. The third-order valence-electron chi connectivity index (χ3n) is 3.53. The summed E-state index contributed by atoms with van der Waals surface area (Å²) in [5.74, 6) is 1.14. The minimum atomic E-state index is -0.330. The number of nitrogens with one attached hydrogen (secondary N) is 1. The van der Waals surface area contributed by atoms with E-state index < -0.39 is 0 Å². The first-order valence-corrected chi connectivity index (χ1v) is 7.36. The molecule has 0 aliphatic rings. The fourth-order valence-corrected chi connectivity index (χ4v) is 2.15. The number of hydrogen-bond acceptors (Lipinski definition) is 5. The van der Waals surface area contributed by atoms with Crippen LogP contribution in [-0.2, 0) is 13.0 Å². The Morgan fingerprint density at radius 3 is 2.74 bits per heavy atom. The van der Waals surface area contributed by atoms with Crippen molar-refractivity contribution in [2.24, 2.45) is 0 Å². The smallest absolute Gasteiger partial charge is 0.292 e. The van der Waals surface area contributed by atoms with Crippen molar-refractivity contribution in [2.45, 2.75) is 26.8 Å². The fraction of sp³-hybridized carbons (Fsp3) is 0.250. The highest BCUT2D eigenvalue weighted by Gasteiger charge is 2.16. The Bertz CT molecular complexity index is 807. The van der Waals surface area contributed by atoms with Crippen molar-refractivity contribution in [1.29, 1.82) is 0 Å². The van der Waals surface area contributed by atoms with Gasteiger partial charge in [0.2, 0.25) is 0 Å². The van der Waals surface area contributed by atoms with Gasteiger partial charge < -0.3 is 9.73 Å². The Labute approximate surface area is 133 Å². The minimum absolute atomic E-state index is 0.268. The van der Waals surface area contributed by atoms with E-state index >= 15 is 0 Å². The first kappa shape index (κ1) is 15.0. The molecule has 0 atom stereocenters. The molecular formula is C16H17N5O2. The topological polar surface area (TPSA) is 85.8 Å². The monoisotopic (exact) mass is 311 g/mol. The highest BCUT2D eigenvalue weighted by Crippen LogP contribution is 2.15. The number of aromatic nitrogens is 4. The van der Waals surface area contributed by atoms with Gasteiger partial charge in [-0.15, -0.1) is 5.10 Å². The van der Waals surface area contributed by atoms with Gasteiger partial charge in [-0.1, -0.05) is 12.1 Å². The van der Waals surface area contributed by atoms with Crippen molar-refractivity contribution >= 4 is 11.7 Å². The molecule has 0 bridgehead atoms. The molecule has 118 valence electrons. The van der Waals surface area contributed by atoms with E-state index in [1.165, 1.54) is 0 Å². The summed E-state index contributed by atoms with van der Waals surface area (Å²) in [6, 6.07) is 7.27. The lowest BCUT2D eigenvalue weighted by Crippen LogP contribution is -2.12. The second kappa shape index (κ2) is 6.43. The van der Waals surface area contributed by atoms with Crippen molar-refractivity contribution in [1.82, 2.24) is 20.0 Å². The van der Waals surface area contributed by atoms with E-state index in [4.69, 9.17) is 4.42 Å². The molecular weight excluding hydrogens is 294 g/mol. The highest BCUT2D eigenvalue weighted by atomic mass is 16.3. The van der Waals surface area contributed by atoms with E-state index in [1.807, 2.05) is 26.0 Å². The van der Waals surface area contributed by atoms with Crippen LogP contribution >= 0.6 is 0 Å². The predicted octanol–water partition coefficient (Wildman–Crippen LogP) is 2.44. The standard InChI is InChI=1S/C16H17N5O2/c1-3-13-4-5-14(23-13)16(22)18-15-11(2)21(20-19-15)10-12-6-8-17-9-7-12/h4-9H,3,10H2,1-2H3,(H,18,22). The molecule has 23 heavy (non-hydrogen) atoms. The maximum absolute atomic E-state index is 12.2. The van der Waals surface area contributed by atoms with Gasteiger partial charge in [0.05, 0.1) is 12.2 Å². The van der Waals surface area contributed by atoms with E-state index in [9.17, 15) is 4.79 Å². The van der Waals surface area contributed by atoms with Crippen molar-refractivity contribution in [3.63, 3.8) is 0 Å². The Hall–Kier alpha value is -2.96. The van der Waals surface area contributed by atoms with Gasteiger partial charge >= 0.3 is 0 Å². The summed E-state index contributed by atoms with van der Waals surface area (Å²) in [6.45, 7) is 4.39. The molecule has 0 unspecified atom stereocenters. The Kier molecular flexibility index (Phi) is 4.18. The lowest BCUT2D eigenvalue weighted by Gasteiger charge is -2.04. The van der Waals surface area contributed by atoms with Crippen molar-refractivity contribution in [2.75, 3.05) is 5.32 Å². The summed E-state index contributed by atoms with van der Waals surface area (Å²) in [5, 5.41) is 10.8. The van der Waals surface area contributed by atoms with E-state index in [2.05, 4.69) is 20.6 Å². The van der Waals surface area contributed by atoms with Crippen LogP contribution in [0.25, 0.3) is 0 Å². The maximum atomic E-state index is 12.2. The second-order valence-electron chi connectivity index (χ2n) is 5.11. The van der Waals surface area contributed by atoms with Gasteiger partial charge in [0.15, 0.2) is 11.6 Å². The van der Waals surface area contributed by atoms with E-state index in [1.54, 1.807) is 29.2 Å². The molecule has 0 fully saturated rings. The van der Waals surface area contributed by atoms with E-state index in [0.29, 0.717) is 12.4 Å². The first-order chi connectivity index (χ1) is 11.2. The number of carbonyl (C=O) groups excluding carboxylic acids is 1. The molecule has 0 aromatic carbocycles. The number of pyridine rings is 1. The zero-order chi connectivity index (χ0) is 16.2. The van der Waals surface area contributed by atoms with E-state index in [-0.39, 0.29) is 11.7 Å². The van der Waals surface area contributed by atoms with Gasteiger partial charge in [-0.05, 0) is 36.8 Å². The molecule has 0 radical (unpaired) electrons. The lowest BCUT2D eigenvalue weighted by molar-refractivity contribution is 0.0994. The number of hydrogen-bond donors (Lipinski definition) is 1. The van der Waals surface area contributed by atoms with Gasteiger partial charge in [0.1, 0.15) is 5.76 Å². The maximum Gasteiger partial charge on any atom is 0.292 e. The number of anilines is 1. The fourth-order valence-electron chi connectivity index (χ4n) is 2.15. The van der Waals surface area contributed by atoms with Crippen molar-refractivity contribution in [3.8, 4) is 0 Å². The summed E-state index contributed by atoms with van der Waals surface area (Å²) in [4.78, 5) is 16.2. The average Bonchev–Trinajstić information content (AvgIpc) is 3.18. The summed E-state index contributed by atoms with van der Waals surface area (Å²) in [6.07, 6.45) is 4.20. The molecule has 0 spiro atoms. The van der Waals surface area contributed by atoms with E-state index in [0.717, 1.165) is 23.4 Å². The van der Waals surface area contributed by atoms with Crippen LogP contribution in [0.3, 0.4) is 0 Å². The number of aryl methyl sites for hydroxylation is 1. The minimum Gasteiger partial charge on any atom is -0.456 e. The van der Waals surface area contributed by atoms with Crippen LogP contribution in [-0.4, -0.2) is 25.9 Å².